The molecule has 0 heterocycles. The fourth-order valence-electron chi connectivity index (χ4n) is 2.16. The van der Waals surface area contributed by atoms with Crippen LogP contribution in [0.3, 0.4) is 0 Å². The molecule has 0 aliphatic carbocycles. The van der Waals surface area contributed by atoms with Crippen LogP contribution < -0.4 is 5.32 Å². The predicted molar refractivity (Wildman–Crippen MR) is 96.0 cm³/mol. The van der Waals surface area contributed by atoms with Crippen molar-refractivity contribution < 1.29 is 9.47 Å². The molecule has 1 rings (SSSR count). The van der Waals surface area contributed by atoms with Crippen molar-refractivity contribution in [2.45, 2.75) is 26.8 Å². The molecule has 130 valence electrons. The van der Waals surface area contributed by atoms with Gasteiger partial charge in [0.1, 0.15) is 0 Å². The van der Waals surface area contributed by atoms with Crippen LogP contribution in [0.2, 0.25) is 0 Å². The summed E-state index contributed by atoms with van der Waals surface area (Å²) < 4.78 is 10.4. The van der Waals surface area contributed by atoms with Gasteiger partial charge in [0.2, 0.25) is 0 Å². The highest BCUT2D eigenvalue weighted by Crippen LogP contribution is 2.07. The molecule has 23 heavy (non-hydrogen) atoms. The number of methoxy groups -OCH3 is 1. The maximum Gasteiger partial charge on any atom is 0.194 e. The molecule has 0 saturated carbocycles. The minimum atomic E-state index is 0.608. The average molecular weight is 321 g/mol. The van der Waals surface area contributed by atoms with Crippen LogP contribution in [0, 0.1) is 0 Å². The Morgan fingerprint density at radius 1 is 1.09 bits per heavy atom. The van der Waals surface area contributed by atoms with Crippen LogP contribution in [0.4, 0.5) is 0 Å². The SMILES string of the molecule is CCNC(=NCCOCCOC)N(C)Cc1ccc(CC)cc1. The first-order valence-electron chi connectivity index (χ1n) is 8.35. The second-order valence-corrected chi connectivity index (χ2v) is 5.37. The molecule has 0 atom stereocenters. The number of benzene rings is 1. The maximum atomic E-state index is 5.45. The van der Waals surface area contributed by atoms with E-state index in [9.17, 15) is 0 Å². The van der Waals surface area contributed by atoms with E-state index >= 15 is 0 Å². The number of guanidine groups is 1. The van der Waals surface area contributed by atoms with Crippen molar-refractivity contribution in [1.29, 1.82) is 0 Å². The Balaban J connectivity index is 2.49. The first kappa shape index (κ1) is 19.5. The summed E-state index contributed by atoms with van der Waals surface area (Å²) in [5, 5.41) is 3.32. The van der Waals surface area contributed by atoms with Crippen LogP contribution in [0.1, 0.15) is 25.0 Å². The first-order chi connectivity index (χ1) is 11.2. The van der Waals surface area contributed by atoms with E-state index in [4.69, 9.17) is 9.47 Å². The van der Waals surface area contributed by atoms with Crippen molar-refractivity contribution >= 4 is 5.96 Å². The molecule has 0 amide bonds. The molecule has 0 saturated heterocycles. The van der Waals surface area contributed by atoms with Crippen molar-refractivity contribution in [1.82, 2.24) is 10.2 Å². The van der Waals surface area contributed by atoms with Gasteiger partial charge in [0, 0.05) is 27.2 Å². The summed E-state index contributed by atoms with van der Waals surface area (Å²) in [6, 6.07) is 8.76. The summed E-state index contributed by atoms with van der Waals surface area (Å²) >= 11 is 0. The maximum absolute atomic E-state index is 5.45. The lowest BCUT2D eigenvalue weighted by atomic mass is 10.1. The summed E-state index contributed by atoms with van der Waals surface area (Å²) in [7, 11) is 3.73. The number of aryl methyl sites for hydroxylation is 1. The van der Waals surface area contributed by atoms with E-state index in [0.29, 0.717) is 26.4 Å². The third kappa shape index (κ3) is 8.00. The molecule has 1 N–H and O–H groups in total. The average Bonchev–Trinajstić information content (AvgIpc) is 2.57. The third-order valence-electron chi connectivity index (χ3n) is 3.48. The van der Waals surface area contributed by atoms with Gasteiger partial charge in [-0.05, 0) is 24.5 Å². The largest absolute Gasteiger partial charge is 0.382 e. The Hall–Kier alpha value is -1.59. The number of rotatable bonds is 10. The molecule has 0 aliphatic heterocycles. The zero-order chi connectivity index (χ0) is 16.9. The molecular weight excluding hydrogens is 290 g/mol. The van der Waals surface area contributed by atoms with E-state index in [2.05, 4.69) is 60.4 Å². The molecule has 1 aromatic carbocycles. The van der Waals surface area contributed by atoms with E-state index in [1.165, 1.54) is 11.1 Å². The summed E-state index contributed by atoms with van der Waals surface area (Å²) in [4.78, 5) is 6.75. The van der Waals surface area contributed by atoms with Crippen LogP contribution >= 0.6 is 0 Å². The van der Waals surface area contributed by atoms with Gasteiger partial charge >= 0.3 is 0 Å². The Morgan fingerprint density at radius 3 is 2.39 bits per heavy atom. The molecule has 0 aromatic heterocycles. The summed E-state index contributed by atoms with van der Waals surface area (Å²) in [6.07, 6.45) is 1.07. The topological polar surface area (TPSA) is 46.1 Å². The van der Waals surface area contributed by atoms with Gasteiger partial charge in [-0.3, -0.25) is 4.99 Å². The summed E-state index contributed by atoms with van der Waals surface area (Å²) in [6.45, 7) is 8.42. The zero-order valence-electron chi connectivity index (χ0n) is 15.0. The zero-order valence-corrected chi connectivity index (χ0v) is 15.0. The second-order valence-electron chi connectivity index (χ2n) is 5.37. The number of nitrogens with zero attached hydrogens (tertiary/aromatic N) is 2. The van der Waals surface area contributed by atoms with Crippen molar-refractivity contribution in [3.8, 4) is 0 Å². The lowest BCUT2D eigenvalue weighted by molar-refractivity contribution is 0.0747. The molecular formula is C18H31N3O2. The Kier molecular flexibility index (Phi) is 10.1. The third-order valence-corrected chi connectivity index (χ3v) is 3.48. The molecule has 1 aromatic rings. The van der Waals surface area contributed by atoms with E-state index in [1.807, 2.05) is 0 Å². The van der Waals surface area contributed by atoms with Crippen molar-refractivity contribution in [2.24, 2.45) is 4.99 Å². The highest BCUT2D eigenvalue weighted by molar-refractivity contribution is 5.79. The molecule has 5 heteroatoms. The molecule has 0 fully saturated rings. The fourth-order valence-corrected chi connectivity index (χ4v) is 2.16. The van der Waals surface area contributed by atoms with E-state index in [-0.39, 0.29) is 0 Å². The monoisotopic (exact) mass is 321 g/mol. The standard InChI is InChI=1S/C18H31N3O2/c1-5-16-7-9-17(10-8-16)15-21(3)18(19-6-2)20-11-12-23-14-13-22-4/h7-10H,5-6,11-15H2,1-4H3,(H,19,20). The van der Waals surface area contributed by atoms with Gasteiger partial charge in [-0.1, -0.05) is 31.2 Å². The number of hydrogen-bond acceptors (Lipinski definition) is 3. The van der Waals surface area contributed by atoms with E-state index in [0.717, 1.165) is 25.5 Å². The number of ether oxygens (including phenoxy) is 2. The summed E-state index contributed by atoms with van der Waals surface area (Å²) in [5.41, 5.74) is 2.65. The molecule has 0 bridgehead atoms. The normalized spacial score (nSPS) is 11.6. The lowest BCUT2D eigenvalue weighted by Gasteiger charge is -2.22. The highest BCUT2D eigenvalue weighted by Gasteiger charge is 2.06. The van der Waals surface area contributed by atoms with Gasteiger partial charge in [-0.25, -0.2) is 0 Å². The van der Waals surface area contributed by atoms with Crippen molar-refractivity contribution in [3.63, 3.8) is 0 Å². The number of hydrogen-bond donors (Lipinski definition) is 1. The van der Waals surface area contributed by atoms with Gasteiger partial charge in [0.05, 0.1) is 26.4 Å². The Bertz CT molecular complexity index is 446. The van der Waals surface area contributed by atoms with Gasteiger partial charge in [0.25, 0.3) is 0 Å². The number of aliphatic imine (C=N–C) groups is 1. The fraction of sp³-hybridized carbons (Fsp3) is 0.611. The smallest absolute Gasteiger partial charge is 0.194 e. The molecule has 5 nitrogen and oxygen atoms in total. The lowest BCUT2D eigenvalue weighted by Crippen LogP contribution is -2.38. The van der Waals surface area contributed by atoms with Gasteiger partial charge in [-0.2, -0.15) is 0 Å². The Morgan fingerprint density at radius 2 is 1.78 bits per heavy atom. The molecule has 0 spiro atoms. The minimum absolute atomic E-state index is 0.608. The van der Waals surface area contributed by atoms with Crippen LogP contribution in [-0.2, 0) is 22.4 Å². The quantitative estimate of drug-likeness (QED) is 0.408. The number of nitrogens with one attached hydrogen (secondary N) is 1. The highest BCUT2D eigenvalue weighted by atomic mass is 16.5. The minimum Gasteiger partial charge on any atom is -0.382 e. The van der Waals surface area contributed by atoms with Gasteiger partial charge in [-0.15, -0.1) is 0 Å². The van der Waals surface area contributed by atoms with Crippen molar-refractivity contribution in [2.75, 3.05) is 47.1 Å². The van der Waals surface area contributed by atoms with Crippen molar-refractivity contribution in [3.05, 3.63) is 35.4 Å². The molecule has 0 aliphatic rings. The first-order valence-corrected chi connectivity index (χ1v) is 8.35. The van der Waals surface area contributed by atoms with Gasteiger partial charge in [0.15, 0.2) is 5.96 Å². The van der Waals surface area contributed by atoms with E-state index < -0.39 is 0 Å². The van der Waals surface area contributed by atoms with Crippen LogP contribution in [-0.4, -0.2) is 57.9 Å². The van der Waals surface area contributed by atoms with Crippen LogP contribution in [0.15, 0.2) is 29.3 Å². The predicted octanol–water partition coefficient (Wildman–Crippen LogP) is 2.31. The second kappa shape index (κ2) is 11.9. The van der Waals surface area contributed by atoms with E-state index in [1.54, 1.807) is 7.11 Å². The van der Waals surface area contributed by atoms with Crippen LogP contribution in [0.5, 0.6) is 0 Å². The molecule has 0 unspecified atom stereocenters. The Labute approximate surface area is 140 Å². The molecule has 0 radical (unpaired) electrons. The van der Waals surface area contributed by atoms with Crippen LogP contribution in [0.25, 0.3) is 0 Å². The summed E-state index contributed by atoms with van der Waals surface area (Å²) in [5.74, 6) is 0.905. The van der Waals surface area contributed by atoms with Gasteiger partial charge < -0.3 is 19.7 Å².